The van der Waals surface area contributed by atoms with Crippen LogP contribution in [0.4, 0.5) is 0 Å². The molecule has 0 radical (unpaired) electrons. The molecule has 74 valence electrons. The van der Waals surface area contributed by atoms with Crippen LogP contribution in [0.15, 0.2) is 28.8 Å². The normalized spacial score (nSPS) is 15.5. The molecule has 1 N–H and O–H groups in total. The summed E-state index contributed by atoms with van der Waals surface area (Å²) in [4.78, 5) is 0. The first-order chi connectivity index (χ1) is 6.56. The Morgan fingerprint density at radius 2 is 2.21 bits per heavy atom. The Balaban J connectivity index is 2.54. The van der Waals surface area contributed by atoms with Crippen molar-refractivity contribution in [2.45, 2.75) is 5.75 Å². The molecule has 0 aliphatic carbocycles. The number of hydrogen-bond acceptors (Lipinski definition) is 5. The van der Waals surface area contributed by atoms with Crippen LogP contribution in [0, 0.1) is 4.78 Å². The summed E-state index contributed by atoms with van der Waals surface area (Å²) < 4.78 is 33.1. The highest BCUT2D eigenvalue weighted by atomic mass is 32.2. The molecule has 5 nitrogen and oxygen atoms in total. The van der Waals surface area contributed by atoms with Crippen LogP contribution >= 0.6 is 0 Å². The average Bonchev–Trinajstić information content (AvgIpc) is 2.47. The summed E-state index contributed by atoms with van der Waals surface area (Å²) in [5, 5.41) is 4.25. The topological polar surface area (TPSA) is 90.0 Å². The zero-order valence-corrected chi connectivity index (χ0v) is 7.91. The van der Waals surface area contributed by atoms with Gasteiger partial charge in [0.25, 0.3) is 0 Å². The van der Waals surface area contributed by atoms with E-state index in [0.29, 0.717) is 11.0 Å². The van der Waals surface area contributed by atoms with Crippen molar-refractivity contribution in [2.24, 2.45) is 0 Å². The summed E-state index contributed by atoms with van der Waals surface area (Å²) in [5.41, 5.74) is 0.821. The molecule has 6 heteroatoms. The standard InChI is InChI=1S/C8H8N2O3S/c9-14(11,12)5-7-6-3-1-2-4-8(6)13-10-7/h1-4H,5H2,(H2,9,11,12)/p-1. The molecule has 1 heterocycles. The van der Waals surface area contributed by atoms with Crippen LogP contribution in [0.2, 0.25) is 0 Å². The van der Waals surface area contributed by atoms with Gasteiger partial charge in [-0.25, -0.2) is 0 Å². The molecule has 1 unspecified atom stereocenters. The molecular weight excluding hydrogens is 204 g/mol. The maximum Gasteiger partial charge on any atom is 0.167 e. The monoisotopic (exact) mass is 211 g/mol. The van der Waals surface area contributed by atoms with E-state index in [2.05, 4.69) is 5.16 Å². The molecule has 0 bridgehead atoms. The van der Waals surface area contributed by atoms with Crippen LogP contribution in [0.1, 0.15) is 5.69 Å². The van der Waals surface area contributed by atoms with Gasteiger partial charge in [0.2, 0.25) is 0 Å². The predicted octanol–water partition coefficient (Wildman–Crippen LogP) is 1.50. The predicted molar refractivity (Wildman–Crippen MR) is 49.4 cm³/mol. The van der Waals surface area contributed by atoms with Gasteiger partial charge >= 0.3 is 0 Å². The lowest BCUT2D eigenvalue weighted by Crippen LogP contribution is -2.00. The molecule has 0 spiro atoms. The van der Waals surface area contributed by atoms with E-state index in [1.165, 1.54) is 0 Å². The maximum absolute atomic E-state index is 10.7. The summed E-state index contributed by atoms with van der Waals surface area (Å²) in [6.07, 6.45) is 0. The van der Waals surface area contributed by atoms with Crippen LogP contribution in [0.3, 0.4) is 0 Å². The lowest BCUT2D eigenvalue weighted by molar-refractivity contribution is 0.447. The van der Waals surface area contributed by atoms with Crippen LogP contribution in [0.5, 0.6) is 0 Å². The summed E-state index contributed by atoms with van der Waals surface area (Å²) in [6, 6.07) is 6.95. The number of nitrogens with one attached hydrogen (secondary N) is 1. The molecule has 0 saturated carbocycles. The molecular formula is C8H7N2O3S-. The van der Waals surface area contributed by atoms with E-state index in [4.69, 9.17) is 9.30 Å². The Morgan fingerprint density at radius 1 is 1.50 bits per heavy atom. The van der Waals surface area contributed by atoms with Crippen molar-refractivity contribution in [3.05, 3.63) is 30.0 Å². The summed E-state index contributed by atoms with van der Waals surface area (Å²) >= 11 is 0. The molecule has 0 fully saturated rings. The van der Waals surface area contributed by atoms with Gasteiger partial charge in [-0.15, -0.1) is 0 Å². The van der Waals surface area contributed by atoms with E-state index in [-0.39, 0.29) is 5.69 Å². The van der Waals surface area contributed by atoms with Gasteiger partial charge in [-0.2, -0.15) is 0 Å². The molecule has 0 aliphatic heterocycles. The second-order valence-corrected chi connectivity index (χ2v) is 4.40. The van der Waals surface area contributed by atoms with Gasteiger partial charge in [0, 0.05) is 5.39 Å². The largest absolute Gasteiger partial charge is 0.764 e. The molecule has 1 aromatic carbocycles. The fourth-order valence-electron chi connectivity index (χ4n) is 1.22. The van der Waals surface area contributed by atoms with E-state index in [0.717, 1.165) is 0 Å². The molecule has 1 aromatic heterocycles. The Kier molecular flexibility index (Phi) is 2.01. The number of rotatable bonds is 2. The summed E-state index contributed by atoms with van der Waals surface area (Å²) in [6.45, 7) is 0. The van der Waals surface area contributed by atoms with Crippen molar-refractivity contribution >= 4 is 21.0 Å². The van der Waals surface area contributed by atoms with Gasteiger partial charge in [-0.3, -0.25) is 8.99 Å². The molecule has 2 rings (SSSR count). The van der Waals surface area contributed by atoms with Gasteiger partial charge < -0.3 is 9.08 Å². The lowest BCUT2D eigenvalue weighted by atomic mass is 10.2. The second-order valence-electron chi connectivity index (χ2n) is 2.88. The van der Waals surface area contributed by atoms with Gasteiger partial charge in [0.15, 0.2) is 5.58 Å². The minimum atomic E-state index is -3.81. The smallest absolute Gasteiger partial charge is 0.167 e. The van der Waals surface area contributed by atoms with Crippen molar-refractivity contribution in [3.63, 3.8) is 0 Å². The van der Waals surface area contributed by atoms with Crippen molar-refractivity contribution < 1.29 is 13.3 Å². The van der Waals surface area contributed by atoms with E-state index in [9.17, 15) is 8.76 Å². The molecule has 0 aliphatic rings. The van der Waals surface area contributed by atoms with Gasteiger partial charge in [-0.05, 0) is 22.1 Å². The van der Waals surface area contributed by atoms with Gasteiger partial charge in [0.05, 0.1) is 5.75 Å². The van der Waals surface area contributed by atoms with Crippen LogP contribution in [-0.4, -0.2) is 13.9 Å². The van der Waals surface area contributed by atoms with Crippen molar-refractivity contribution in [3.8, 4) is 0 Å². The third kappa shape index (κ3) is 1.75. The summed E-state index contributed by atoms with van der Waals surface area (Å²) in [5.74, 6) is -0.413. The van der Waals surface area contributed by atoms with Crippen LogP contribution in [-0.2, 0) is 15.8 Å². The molecule has 0 saturated heterocycles. The Morgan fingerprint density at radius 3 is 2.93 bits per heavy atom. The lowest BCUT2D eigenvalue weighted by Gasteiger charge is -2.07. The SMILES string of the molecule is N=S(=O)([O-])Cc1noc2ccccc12. The quantitative estimate of drug-likeness (QED) is 0.815. The molecule has 1 atom stereocenters. The number of para-hydroxylation sites is 1. The highest BCUT2D eigenvalue weighted by Crippen LogP contribution is 2.19. The molecule has 14 heavy (non-hydrogen) atoms. The first-order valence-corrected chi connectivity index (χ1v) is 5.52. The number of benzene rings is 1. The van der Waals surface area contributed by atoms with E-state index < -0.39 is 15.8 Å². The Labute approximate surface area is 80.5 Å². The minimum Gasteiger partial charge on any atom is -0.764 e. The van der Waals surface area contributed by atoms with Gasteiger partial charge in [-0.1, -0.05) is 17.3 Å². The Bertz CT molecular complexity index is 559. The molecule has 0 amide bonds. The van der Waals surface area contributed by atoms with E-state index in [1.54, 1.807) is 24.3 Å². The van der Waals surface area contributed by atoms with Crippen molar-refractivity contribution in [1.29, 1.82) is 4.78 Å². The van der Waals surface area contributed by atoms with Crippen LogP contribution < -0.4 is 0 Å². The second kappa shape index (κ2) is 3.07. The van der Waals surface area contributed by atoms with Crippen molar-refractivity contribution in [2.75, 3.05) is 0 Å². The van der Waals surface area contributed by atoms with E-state index >= 15 is 0 Å². The Hall–Kier alpha value is -1.40. The van der Waals surface area contributed by atoms with Crippen molar-refractivity contribution in [1.82, 2.24) is 5.16 Å². The first kappa shape index (κ1) is 9.17. The number of nitrogens with zero attached hydrogens (tertiary/aromatic N) is 1. The minimum absolute atomic E-state index is 0.288. The fourth-order valence-corrected chi connectivity index (χ4v) is 1.79. The summed E-state index contributed by atoms with van der Waals surface area (Å²) in [7, 11) is -3.81. The first-order valence-electron chi connectivity index (χ1n) is 3.87. The third-order valence-electron chi connectivity index (χ3n) is 1.78. The zero-order chi connectivity index (χ0) is 10.2. The number of fused-ring (bicyclic) bond motifs is 1. The van der Waals surface area contributed by atoms with Gasteiger partial charge in [0.1, 0.15) is 5.69 Å². The number of aromatic nitrogens is 1. The van der Waals surface area contributed by atoms with E-state index in [1.807, 2.05) is 0 Å². The third-order valence-corrected chi connectivity index (χ3v) is 2.43. The average molecular weight is 211 g/mol. The maximum atomic E-state index is 10.7. The highest BCUT2D eigenvalue weighted by molar-refractivity contribution is 7.85. The zero-order valence-electron chi connectivity index (χ0n) is 7.10. The number of hydrogen-bond donors (Lipinski definition) is 1. The fraction of sp³-hybridized carbons (Fsp3) is 0.125. The molecule has 2 aromatic rings. The highest BCUT2D eigenvalue weighted by Gasteiger charge is 2.08. The van der Waals surface area contributed by atoms with Crippen LogP contribution in [0.25, 0.3) is 11.0 Å².